The van der Waals surface area contributed by atoms with Crippen molar-refractivity contribution in [1.29, 1.82) is 0 Å². The van der Waals surface area contributed by atoms with Gasteiger partial charge in [-0.3, -0.25) is 18.9 Å². The van der Waals surface area contributed by atoms with Gasteiger partial charge in [0.15, 0.2) is 11.1 Å². The Hall–Kier alpha value is -1.42. The van der Waals surface area contributed by atoms with Gasteiger partial charge in [-0.25, -0.2) is 0 Å². The Balaban J connectivity index is 0. The van der Waals surface area contributed by atoms with Crippen molar-refractivity contribution in [3.05, 3.63) is 0 Å². The van der Waals surface area contributed by atoms with E-state index in [1.807, 2.05) is 0 Å². The van der Waals surface area contributed by atoms with Gasteiger partial charge in [-0.2, -0.15) is 0 Å². The van der Waals surface area contributed by atoms with Crippen LogP contribution in [0.3, 0.4) is 0 Å². The van der Waals surface area contributed by atoms with Gasteiger partial charge in [-0.1, -0.05) is 6.92 Å². The summed E-state index contributed by atoms with van der Waals surface area (Å²) in [5, 5.41) is 22.9. The average Bonchev–Trinajstić information content (AvgIpc) is 2.20. The van der Waals surface area contributed by atoms with E-state index in [0.717, 1.165) is 6.92 Å². The van der Waals surface area contributed by atoms with Crippen molar-refractivity contribution in [1.82, 2.24) is 0 Å². The molecule has 0 aromatic carbocycles. The average molecular weight is 351 g/mol. The van der Waals surface area contributed by atoms with Crippen LogP contribution in [0.2, 0.25) is 0 Å². The molecule has 0 saturated carbocycles. The van der Waals surface area contributed by atoms with Crippen molar-refractivity contribution in [2.24, 2.45) is 5.92 Å². The van der Waals surface area contributed by atoms with Crippen LogP contribution in [-0.4, -0.2) is 58.0 Å². The third-order valence-corrected chi connectivity index (χ3v) is 4.21. The van der Waals surface area contributed by atoms with Crippen LogP contribution in [0, 0.1) is 5.92 Å². The summed E-state index contributed by atoms with van der Waals surface area (Å²) in [5.41, 5.74) is 0. The van der Waals surface area contributed by atoms with Crippen molar-refractivity contribution < 1.29 is 58.4 Å². The van der Waals surface area contributed by atoms with Crippen LogP contribution in [-0.2, 0) is 23.5 Å². The minimum Gasteiger partial charge on any atom is -0.481 e. The van der Waals surface area contributed by atoms with E-state index < -0.39 is 51.3 Å². The van der Waals surface area contributed by atoms with Crippen molar-refractivity contribution in [2.75, 3.05) is 0 Å². The molecule has 0 aromatic rings. The Morgan fingerprint density at radius 2 is 1.38 bits per heavy atom. The highest BCUT2D eigenvalue weighted by Gasteiger charge is 2.63. The van der Waals surface area contributed by atoms with Crippen LogP contribution in [0.25, 0.3) is 0 Å². The van der Waals surface area contributed by atoms with E-state index in [1.165, 1.54) is 0 Å². The zero-order valence-electron chi connectivity index (χ0n) is 10.4. The molecule has 0 radical (unpaired) electrons. The number of rotatable bonds is 6. The minimum absolute atomic E-state index is 0.837. The number of carboxylic acid groups (broad SMARTS) is 3. The third-order valence-electron chi connectivity index (χ3n) is 2.40. The fourth-order valence-corrected chi connectivity index (χ4v) is 2.71. The first kappa shape index (κ1) is 21.9. The predicted octanol–water partition coefficient (Wildman–Crippen LogP) is -1.19. The minimum atomic E-state index is -5.49. The predicted molar refractivity (Wildman–Crippen MR) is 63.5 cm³/mol. The summed E-state index contributed by atoms with van der Waals surface area (Å²) >= 11 is 0. The molecular weight excluding hydrogens is 338 g/mol. The molecule has 0 amide bonds. The lowest BCUT2D eigenvalue weighted by Gasteiger charge is -2.31. The smallest absolute Gasteiger partial charge is 0.481 e. The topological polar surface area (TPSA) is 227 Å². The highest BCUT2D eigenvalue weighted by atomic mass is 31.2. The van der Waals surface area contributed by atoms with Gasteiger partial charge in [0.1, 0.15) is 0 Å². The van der Waals surface area contributed by atoms with Gasteiger partial charge in [-0.15, -0.1) is 9.79 Å². The molecule has 0 bridgehead atoms. The second-order valence-corrected chi connectivity index (χ2v) is 5.88. The van der Waals surface area contributed by atoms with Crippen LogP contribution in [0.1, 0.15) is 13.3 Å². The first-order chi connectivity index (χ1) is 9.25. The summed E-state index contributed by atoms with van der Waals surface area (Å²) < 4.78 is 19.9. The molecule has 0 rings (SSSR count). The van der Waals surface area contributed by atoms with Crippen molar-refractivity contribution in [3.8, 4) is 0 Å². The lowest BCUT2D eigenvalue weighted by molar-refractivity contribution is -0.163. The normalized spacial score (nSPS) is 13.6. The standard InChI is InChI=1S/C7H11O9P.HO3P/c1-2-7(6(12)13,17(14,15)16)3(4(8)9)5(10)11;1-4(2)3/h3H,2H2,1H3,(H,8,9)(H,10,11)(H,12,13)(H2,14,15,16);(H-,1,2,3)/p+1. The molecule has 0 aliphatic carbocycles. The largest absolute Gasteiger partial charge is 0.692 e. The molecule has 1 atom stereocenters. The zero-order valence-corrected chi connectivity index (χ0v) is 12.1. The van der Waals surface area contributed by atoms with E-state index in [1.54, 1.807) is 0 Å². The Morgan fingerprint density at radius 1 is 1.10 bits per heavy atom. The quantitative estimate of drug-likeness (QED) is 0.221. The summed E-state index contributed by atoms with van der Waals surface area (Å²) in [6.45, 7) is 0.992. The second kappa shape index (κ2) is 8.13. The molecule has 0 aromatic heterocycles. The molecule has 0 spiro atoms. The third kappa shape index (κ3) is 5.46. The maximum absolute atomic E-state index is 11.2. The van der Waals surface area contributed by atoms with Crippen molar-refractivity contribution in [2.45, 2.75) is 18.5 Å². The molecule has 0 aliphatic heterocycles. The summed E-state index contributed by atoms with van der Waals surface area (Å²) in [7, 11) is -8.36. The van der Waals surface area contributed by atoms with E-state index in [9.17, 15) is 18.9 Å². The maximum atomic E-state index is 11.2. The van der Waals surface area contributed by atoms with Crippen molar-refractivity contribution in [3.63, 3.8) is 0 Å². The first-order valence-corrected chi connectivity index (χ1v) is 7.63. The molecular formula is C7H13O12P2+. The number of carboxylic acids is 3. The number of hydrogen-bond donors (Lipinski definition) is 7. The molecule has 14 heteroatoms. The summed E-state index contributed by atoms with van der Waals surface area (Å²) in [6.07, 6.45) is -0.837. The fourth-order valence-electron chi connectivity index (χ4n) is 1.49. The molecule has 12 nitrogen and oxygen atoms in total. The first-order valence-electron chi connectivity index (χ1n) is 4.85. The lowest BCUT2D eigenvalue weighted by Crippen LogP contribution is -2.52. The van der Waals surface area contributed by atoms with Crippen LogP contribution in [0.15, 0.2) is 0 Å². The van der Waals surface area contributed by atoms with Gasteiger partial charge < -0.3 is 25.1 Å². The Kier molecular flexibility index (Phi) is 8.46. The molecule has 0 fully saturated rings. The molecule has 122 valence electrons. The number of carbonyl (C=O) groups is 3. The van der Waals surface area contributed by atoms with E-state index in [-0.39, 0.29) is 0 Å². The van der Waals surface area contributed by atoms with E-state index in [4.69, 9.17) is 39.5 Å². The molecule has 0 aliphatic rings. The number of aliphatic carboxylic acids is 3. The monoisotopic (exact) mass is 351 g/mol. The SMILES string of the molecule is CCC(C(=O)O)(C(C(=O)O)C(=O)O)P(=O)(O)O.O=[P+](O)O. The van der Waals surface area contributed by atoms with Gasteiger partial charge >= 0.3 is 33.8 Å². The van der Waals surface area contributed by atoms with Gasteiger partial charge in [0, 0.05) is 4.57 Å². The molecule has 0 saturated heterocycles. The highest BCUT2D eigenvalue weighted by molar-refractivity contribution is 7.55. The Labute approximate surface area is 117 Å². The van der Waals surface area contributed by atoms with E-state index >= 15 is 0 Å². The van der Waals surface area contributed by atoms with Gasteiger partial charge in [-0.05, 0) is 6.42 Å². The maximum Gasteiger partial charge on any atom is 0.692 e. The summed E-state index contributed by atoms with van der Waals surface area (Å²) in [4.78, 5) is 64.5. The highest BCUT2D eigenvalue weighted by Crippen LogP contribution is 2.56. The fraction of sp³-hybridized carbons (Fsp3) is 0.571. The Morgan fingerprint density at radius 3 is 1.43 bits per heavy atom. The van der Waals surface area contributed by atoms with Crippen LogP contribution in [0.5, 0.6) is 0 Å². The molecule has 21 heavy (non-hydrogen) atoms. The van der Waals surface area contributed by atoms with Crippen LogP contribution in [0.4, 0.5) is 0 Å². The number of hydrogen-bond acceptors (Lipinski definition) is 5. The molecule has 1 unspecified atom stereocenters. The van der Waals surface area contributed by atoms with Gasteiger partial charge in [0.25, 0.3) is 0 Å². The van der Waals surface area contributed by atoms with Gasteiger partial charge in [0.2, 0.25) is 0 Å². The van der Waals surface area contributed by atoms with E-state index in [2.05, 4.69) is 0 Å². The van der Waals surface area contributed by atoms with Gasteiger partial charge in [0.05, 0.1) is 0 Å². The molecule has 0 heterocycles. The molecule has 7 N–H and O–H groups in total. The second-order valence-electron chi connectivity index (χ2n) is 3.49. The van der Waals surface area contributed by atoms with Crippen molar-refractivity contribution >= 4 is 33.8 Å². The summed E-state index contributed by atoms with van der Waals surface area (Å²) in [6, 6.07) is 0. The van der Waals surface area contributed by atoms with Crippen LogP contribution >= 0.6 is 15.9 Å². The summed E-state index contributed by atoms with van der Waals surface area (Å²) in [5.74, 6) is -9.14. The zero-order chi connectivity index (χ0) is 17.6. The van der Waals surface area contributed by atoms with E-state index in [0.29, 0.717) is 0 Å². The lowest BCUT2D eigenvalue weighted by atomic mass is 9.89. The van der Waals surface area contributed by atoms with Crippen LogP contribution < -0.4 is 0 Å². The Bertz CT molecular complexity index is 462.